The molecule has 0 saturated heterocycles. The second-order valence-electron chi connectivity index (χ2n) is 6.00. The topological polar surface area (TPSA) is 58.6 Å². The predicted octanol–water partition coefficient (Wildman–Crippen LogP) is 1.79. The molecule has 1 amide bonds. The van der Waals surface area contributed by atoms with Gasteiger partial charge in [-0.05, 0) is 43.7 Å². The fourth-order valence-corrected chi connectivity index (χ4v) is 3.10. The molecule has 0 bridgehead atoms. The molecule has 2 N–H and O–H groups in total. The lowest BCUT2D eigenvalue weighted by Gasteiger charge is -2.34. The van der Waals surface area contributed by atoms with Crippen molar-refractivity contribution in [3.63, 3.8) is 0 Å². The van der Waals surface area contributed by atoms with E-state index in [2.05, 4.69) is 17.4 Å². The number of aliphatic hydroxyl groups excluding tert-OH is 1. The van der Waals surface area contributed by atoms with Gasteiger partial charge in [0.15, 0.2) is 0 Å². The maximum Gasteiger partial charge on any atom is 0.230 e. The van der Waals surface area contributed by atoms with E-state index in [9.17, 15) is 9.90 Å². The lowest BCUT2D eigenvalue weighted by atomic mass is 9.70. The highest BCUT2D eigenvalue weighted by Crippen LogP contribution is 2.37. The smallest absolute Gasteiger partial charge is 0.230 e. The number of carbonyl (C=O) groups is 1. The van der Waals surface area contributed by atoms with E-state index in [0.717, 1.165) is 24.8 Å². The van der Waals surface area contributed by atoms with Gasteiger partial charge < -0.3 is 15.2 Å². The number of ether oxygens (including phenoxy) is 1. The Morgan fingerprint density at radius 2 is 2.24 bits per heavy atom. The number of nitrogens with one attached hydrogen (secondary N) is 1. The molecule has 0 fully saturated rings. The molecule has 0 heterocycles. The first-order chi connectivity index (χ1) is 10.1. The summed E-state index contributed by atoms with van der Waals surface area (Å²) in [4.78, 5) is 12.6. The van der Waals surface area contributed by atoms with Crippen LogP contribution in [0.5, 0.6) is 0 Å². The lowest BCUT2D eigenvalue weighted by Crippen LogP contribution is -2.45. The van der Waals surface area contributed by atoms with Gasteiger partial charge in [0, 0.05) is 13.7 Å². The van der Waals surface area contributed by atoms with Gasteiger partial charge in [-0.1, -0.05) is 24.3 Å². The molecule has 1 aliphatic carbocycles. The normalized spacial score (nSPS) is 22.4. The fourth-order valence-electron chi connectivity index (χ4n) is 3.10. The van der Waals surface area contributed by atoms with Gasteiger partial charge in [0.05, 0.1) is 18.1 Å². The van der Waals surface area contributed by atoms with E-state index in [1.165, 1.54) is 5.56 Å². The Bertz CT molecular complexity index is 489. The number of carbonyl (C=O) groups excluding carboxylic acids is 1. The fraction of sp³-hybridized carbons (Fsp3) is 0.588. The summed E-state index contributed by atoms with van der Waals surface area (Å²) in [6.45, 7) is 2.79. The van der Waals surface area contributed by atoms with Crippen LogP contribution in [0, 0.1) is 0 Å². The second-order valence-corrected chi connectivity index (χ2v) is 6.00. The molecule has 0 saturated carbocycles. The zero-order chi connectivity index (χ0) is 15.3. The zero-order valence-electron chi connectivity index (χ0n) is 12.9. The molecule has 2 atom stereocenters. The minimum absolute atomic E-state index is 0.0549. The Morgan fingerprint density at radius 1 is 1.48 bits per heavy atom. The largest absolute Gasteiger partial charge is 0.391 e. The molecule has 0 aliphatic heterocycles. The number of rotatable bonds is 6. The molecule has 0 radical (unpaired) electrons. The third-order valence-electron chi connectivity index (χ3n) is 4.36. The SMILES string of the molecule is COCC(O)CCNC(=O)C1(C)CCCc2ccccc21. The number of hydrogen-bond acceptors (Lipinski definition) is 3. The number of methoxy groups -OCH3 is 1. The van der Waals surface area contributed by atoms with Crippen molar-refractivity contribution < 1.29 is 14.6 Å². The molecule has 21 heavy (non-hydrogen) atoms. The van der Waals surface area contributed by atoms with Crippen molar-refractivity contribution in [3.8, 4) is 0 Å². The number of fused-ring (bicyclic) bond motifs is 1. The van der Waals surface area contributed by atoms with Crippen LogP contribution in [0.1, 0.15) is 37.3 Å². The van der Waals surface area contributed by atoms with E-state index < -0.39 is 11.5 Å². The van der Waals surface area contributed by atoms with Crippen molar-refractivity contribution in [3.05, 3.63) is 35.4 Å². The van der Waals surface area contributed by atoms with Crippen LogP contribution in [0.4, 0.5) is 0 Å². The van der Waals surface area contributed by atoms with Gasteiger partial charge in [0.25, 0.3) is 0 Å². The van der Waals surface area contributed by atoms with Crippen molar-refractivity contribution in [1.29, 1.82) is 0 Å². The first-order valence-electron chi connectivity index (χ1n) is 7.61. The van der Waals surface area contributed by atoms with E-state index >= 15 is 0 Å². The van der Waals surface area contributed by atoms with E-state index in [1.54, 1.807) is 7.11 Å². The van der Waals surface area contributed by atoms with E-state index in [1.807, 2.05) is 19.1 Å². The van der Waals surface area contributed by atoms with Gasteiger partial charge in [-0.2, -0.15) is 0 Å². The first kappa shape index (κ1) is 16.0. The van der Waals surface area contributed by atoms with Crippen molar-refractivity contribution in [2.24, 2.45) is 0 Å². The standard InChI is InChI=1S/C17H25NO3/c1-17(16(20)18-11-9-14(19)12-21-2)10-5-7-13-6-3-4-8-15(13)17/h3-4,6,8,14,19H,5,7,9-12H2,1-2H3,(H,18,20). The maximum atomic E-state index is 12.6. The molecule has 4 heteroatoms. The molecule has 2 unspecified atom stereocenters. The Kier molecular flexibility index (Phi) is 5.37. The molecular weight excluding hydrogens is 266 g/mol. The summed E-state index contributed by atoms with van der Waals surface area (Å²) in [5.74, 6) is 0.0549. The highest BCUT2D eigenvalue weighted by atomic mass is 16.5. The second kappa shape index (κ2) is 7.05. The average Bonchev–Trinajstić information content (AvgIpc) is 2.48. The molecular formula is C17H25NO3. The van der Waals surface area contributed by atoms with E-state index in [-0.39, 0.29) is 5.91 Å². The molecule has 0 aromatic heterocycles. The number of aliphatic hydroxyl groups is 1. The Morgan fingerprint density at radius 3 is 3.00 bits per heavy atom. The summed E-state index contributed by atoms with van der Waals surface area (Å²) in [7, 11) is 1.56. The van der Waals surface area contributed by atoms with Gasteiger partial charge in [0.1, 0.15) is 0 Å². The highest BCUT2D eigenvalue weighted by Gasteiger charge is 2.38. The first-order valence-corrected chi connectivity index (χ1v) is 7.61. The summed E-state index contributed by atoms with van der Waals surface area (Å²) < 4.78 is 4.88. The third kappa shape index (κ3) is 3.63. The van der Waals surface area contributed by atoms with Gasteiger partial charge in [-0.25, -0.2) is 0 Å². The van der Waals surface area contributed by atoms with Crippen LogP contribution in [0.2, 0.25) is 0 Å². The molecule has 1 aromatic carbocycles. The summed E-state index contributed by atoms with van der Waals surface area (Å²) in [6.07, 6.45) is 2.94. The van der Waals surface area contributed by atoms with Crippen LogP contribution in [0.3, 0.4) is 0 Å². The molecule has 1 aromatic rings. The summed E-state index contributed by atoms with van der Waals surface area (Å²) in [5, 5.41) is 12.6. The van der Waals surface area contributed by atoms with Gasteiger partial charge >= 0.3 is 0 Å². The quantitative estimate of drug-likeness (QED) is 0.840. The Balaban J connectivity index is 1.99. The minimum Gasteiger partial charge on any atom is -0.391 e. The number of benzene rings is 1. The molecule has 116 valence electrons. The number of amides is 1. The van der Waals surface area contributed by atoms with Crippen LogP contribution in [-0.2, 0) is 21.4 Å². The molecule has 2 rings (SSSR count). The van der Waals surface area contributed by atoms with Gasteiger partial charge in [-0.15, -0.1) is 0 Å². The summed E-state index contributed by atoms with van der Waals surface area (Å²) in [5.41, 5.74) is 1.97. The molecule has 4 nitrogen and oxygen atoms in total. The summed E-state index contributed by atoms with van der Waals surface area (Å²) in [6, 6.07) is 8.21. The molecule has 1 aliphatic rings. The van der Waals surface area contributed by atoms with E-state index in [4.69, 9.17) is 4.74 Å². The number of hydrogen-bond donors (Lipinski definition) is 2. The maximum absolute atomic E-state index is 12.6. The highest BCUT2D eigenvalue weighted by molar-refractivity contribution is 5.88. The van der Waals surface area contributed by atoms with Crippen molar-refractivity contribution in [1.82, 2.24) is 5.32 Å². The monoisotopic (exact) mass is 291 g/mol. The predicted molar refractivity (Wildman–Crippen MR) is 82.2 cm³/mol. The summed E-state index contributed by atoms with van der Waals surface area (Å²) >= 11 is 0. The van der Waals surface area contributed by atoms with Crippen molar-refractivity contribution >= 4 is 5.91 Å². The minimum atomic E-state index is -0.526. The van der Waals surface area contributed by atoms with Gasteiger partial charge in [-0.3, -0.25) is 4.79 Å². The van der Waals surface area contributed by atoms with Crippen LogP contribution < -0.4 is 5.32 Å². The van der Waals surface area contributed by atoms with Gasteiger partial charge in [0.2, 0.25) is 5.91 Å². The van der Waals surface area contributed by atoms with Crippen LogP contribution in [-0.4, -0.2) is 37.4 Å². The van der Waals surface area contributed by atoms with Crippen molar-refractivity contribution in [2.75, 3.05) is 20.3 Å². The Labute approximate surface area is 126 Å². The number of aryl methyl sites for hydroxylation is 1. The molecule has 0 spiro atoms. The third-order valence-corrected chi connectivity index (χ3v) is 4.36. The van der Waals surface area contributed by atoms with Crippen LogP contribution >= 0.6 is 0 Å². The van der Waals surface area contributed by atoms with E-state index in [0.29, 0.717) is 19.6 Å². The van der Waals surface area contributed by atoms with Crippen molar-refractivity contribution in [2.45, 2.75) is 44.1 Å². The average molecular weight is 291 g/mol. The van der Waals surface area contributed by atoms with Crippen LogP contribution in [0.15, 0.2) is 24.3 Å². The lowest BCUT2D eigenvalue weighted by molar-refractivity contribution is -0.126. The Hall–Kier alpha value is -1.39. The zero-order valence-corrected chi connectivity index (χ0v) is 12.9. The van der Waals surface area contributed by atoms with Crippen LogP contribution in [0.25, 0.3) is 0 Å².